The van der Waals surface area contributed by atoms with Gasteiger partial charge in [0.1, 0.15) is 11.3 Å². The first-order valence-electron chi connectivity index (χ1n) is 10.8. The summed E-state index contributed by atoms with van der Waals surface area (Å²) in [6.45, 7) is 3.49. The molecule has 1 heterocycles. The van der Waals surface area contributed by atoms with E-state index in [-0.39, 0.29) is 11.8 Å². The maximum Gasteiger partial charge on any atom is 0.329 e. The number of hydrogen-bond donors (Lipinski definition) is 1. The Balaban J connectivity index is 1.75. The minimum absolute atomic E-state index is 0.256. The van der Waals surface area contributed by atoms with Crippen LogP contribution in [0.1, 0.15) is 42.2 Å². The number of methoxy groups -OCH3 is 1. The van der Waals surface area contributed by atoms with Gasteiger partial charge in [-0.2, -0.15) is 0 Å². The summed E-state index contributed by atoms with van der Waals surface area (Å²) in [4.78, 5) is 27.7. The molecular weight excluding hydrogens is 438 g/mol. The number of nitrogens with zero attached hydrogens (tertiary/aromatic N) is 1. The number of halogens is 1. The van der Waals surface area contributed by atoms with Gasteiger partial charge in [0.25, 0.3) is 5.91 Å². The molecule has 0 radical (unpaired) electrons. The highest BCUT2D eigenvalue weighted by atomic mass is 35.5. The van der Waals surface area contributed by atoms with Crippen molar-refractivity contribution in [1.29, 1.82) is 0 Å². The molecule has 1 aliphatic rings. The zero-order valence-corrected chi connectivity index (χ0v) is 19.5. The van der Waals surface area contributed by atoms with Crippen LogP contribution in [-0.4, -0.2) is 34.5 Å². The van der Waals surface area contributed by atoms with Gasteiger partial charge in [0.05, 0.1) is 13.2 Å². The molecule has 5 nitrogen and oxygen atoms in total. The van der Waals surface area contributed by atoms with Gasteiger partial charge in [-0.15, -0.1) is 0 Å². The molecule has 1 amide bonds. The van der Waals surface area contributed by atoms with Crippen molar-refractivity contribution in [2.75, 3.05) is 7.11 Å². The van der Waals surface area contributed by atoms with Gasteiger partial charge in [-0.05, 0) is 54.7 Å². The van der Waals surface area contributed by atoms with Gasteiger partial charge in [0.15, 0.2) is 0 Å². The zero-order valence-electron chi connectivity index (χ0n) is 18.8. The van der Waals surface area contributed by atoms with Crippen molar-refractivity contribution in [3.63, 3.8) is 0 Å². The summed E-state index contributed by atoms with van der Waals surface area (Å²) in [5.41, 5.74) is 1.64. The van der Waals surface area contributed by atoms with Gasteiger partial charge in [-0.3, -0.25) is 4.79 Å². The fourth-order valence-corrected chi connectivity index (χ4v) is 4.98. The number of carboxylic acid groups (broad SMARTS) is 1. The number of carboxylic acids is 1. The van der Waals surface area contributed by atoms with Crippen LogP contribution in [-0.2, 0) is 4.79 Å². The molecule has 3 atom stereocenters. The number of likely N-dealkylation sites (tertiary alicyclic amines) is 1. The summed E-state index contributed by atoms with van der Waals surface area (Å²) in [6, 6.07) is 21.7. The van der Waals surface area contributed by atoms with Gasteiger partial charge in [0, 0.05) is 16.1 Å². The van der Waals surface area contributed by atoms with Crippen LogP contribution in [0.2, 0.25) is 5.02 Å². The molecule has 4 rings (SSSR count). The van der Waals surface area contributed by atoms with E-state index in [0.29, 0.717) is 17.0 Å². The van der Waals surface area contributed by atoms with Crippen LogP contribution in [0.25, 0.3) is 11.1 Å². The highest BCUT2D eigenvalue weighted by Crippen LogP contribution is 2.48. The summed E-state index contributed by atoms with van der Waals surface area (Å²) >= 11 is 6.46. The van der Waals surface area contributed by atoms with Crippen molar-refractivity contribution in [1.82, 2.24) is 4.90 Å². The van der Waals surface area contributed by atoms with Crippen LogP contribution in [0.4, 0.5) is 0 Å². The number of aliphatic carboxylic acids is 1. The maximum atomic E-state index is 13.8. The molecule has 0 aromatic heterocycles. The largest absolute Gasteiger partial charge is 0.496 e. The Bertz CT molecular complexity index is 1190. The molecule has 1 fully saturated rings. The highest BCUT2D eigenvalue weighted by Gasteiger charge is 2.56. The lowest BCUT2D eigenvalue weighted by atomic mass is 9.87. The average Bonchev–Trinajstić information content (AvgIpc) is 3.10. The lowest BCUT2D eigenvalue weighted by Gasteiger charge is -2.37. The van der Waals surface area contributed by atoms with Crippen molar-refractivity contribution >= 4 is 23.5 Å². The molecule has 1 aliphatic heterocycles. The Morgan fingerprint density at radius 3 is 2.30 bits per heavy atom. The van der Waals surface area contributed by atoms with Gasteiger partial charge >= 0.3 is 5.97 Å². The fourth-order valence-electron chi connectivity index (χ4n) is 4.72. The summed E-state index contributed by atoms with van der Waals surface area (Å²) in [6.07, 6.45) is 0.511. The molecule has 0 saturated carbocycles. The highest BCUT2D eigenvalue weighted by molar-refractivity contribution is 6.31. The van der Waals surface area contributed by atoms with Gasteiger partial charge < -0.3 is 14.7 Å². The van der Waals surface area contributed by atoms with Crippen molar-refractivity contribution in [2.24, 2.45) is 5.92 Å². The number of benzene rings is 3. The second-order valence-corrected chi connectivity index (χ2v) is 8.99. The number of ether oxygens (including phenoxy) is 1. The molecule has 0 bridgehead atoms. The lowest BCUT2D eigenvalue weighted by molar-refractivity contribution is -0.149. The topological polar surface area (TPSA) is 66.8 Å². The second-order valence-electron chi connectivity index (χ2n) is 8.58. The van der Waals surface area contributed by atoms with Crippen LogP contribution < -0.4 is 4.74 Å². The monoisotopic (exact) mass is 463 g/mol. The maximum absolute atomic E-state index is 13.8. The molecule has 170 valence electrons. The van der Waals surface area contributed by atoms with E-state index >= 15 is 0 Å². The molecule has 1 saturated heterocycles. The number of para-hydroxylation sites is 1. The minimum Gasteiger partial charge on any atom is -0.496 e. The van der Waals surface area contributed by atoms with Crippen molar-refractivity contribution in [3.05, 3.63) is 88.9 Å². The van der Waals surface area contributed by atoms with E-state index in [1.807, 2.05) is 61.5 Å². The molecule has 3 aromatic rings. The Labute approximate surface area is 198 Å². The summed E-state index contributed by atoms with van der Waals surface area (Å²) in [7, 11) is 1.62. The van der Waals surface area contributed by atoms with Crippen LogP contribution in [0.15, 0.2) is 72.8 Å². The molecule has 0 spiro atoms. The smallest absolute Gasteiger partial charge is 0.329 e. The third kappa shape index (κ3) is 3.87. The van der Waals surface area contributed by atoms with E-state index in [9.17, 15) is 14.7 Å². The van der Waals surface area contributed by atoms with Crippen LogP contribution in [0.5, 0.6) is 5.75 Å². The van der Waals surface area contributed by atoms with Gasteiger partial charge in [-0.1, -0.05) is 67.1 Å². The van der Waals surface area contributed by atoms with Gasteiger partial charge in [0.2, 0.25) is 0 Å². The first-order chi connectivity index (χ1) is 15.8. The second kappa shape index (κ2) is 8.91. The van der Waals surface area contributed by atoms with Crippen LogP contribution >= 0.6 is 11.6 Å². The number of amides is 1. The quantitative estimate of drug-likeness (QED) is 0.497. The van der Waals surface area contributed by atoms with E-state index < -0.39 is 17.6 Å². The number of carbonyl (C=O) groups is 2. The third-order valence-electron chi connectivity index (χ3n) is 6.81. The third-order valence-corrected chi connectivity index (χ3v) is 7.16. The molecule has 33 heavy (non-hydrogen) atoms. The number of rotatable bonds is 5. The lowest BCUT2D eigenvalue weighted by Crippen LogP contribution is -2.54. The summed E-state index contributed by atoms with van der Waals surface area (Å²) in [5.74, 6) is -0.875. The van der Waals surface area contributed by atoms with E-state index in [2.05, 4.69) is 0 Å². The first-order valence-corrected chi connectivity index (χ1v) is 11.2. The first kappa shape index (κ1) is 22.9. The summed E-state index contributed by atoms with van der Waals surface area (Å²) in [5, 5.41) is 10.7. The molecule has 6 heteroatoms. The van der Waals surface area contributed by atoms with Crippen molar-refractivity contribution < 1.29 is 19.4 Å². The van der Waals surface area contributed by atoms with E-state index in [1.165, 1.54) is 4.90 Å². The normalized spacial score (nSPS) is 22.2. The van der Waals surface area contributed by atoms with Crippen LogP contribution in [0.3, 0.4) is 0 Å². The fraction of sp³-hybridized carbons (Fsp3) is 0.259. The van der Waals surface area contributed by atoms with Crippen molar-refractivity contribution in [3.8, 4) is 16.9 Å². The Morgan fingerprint density at radius 1 is 1.03 bits per heavy atom. The standard InChI is InChI=1S/C27H26ClNO4/c1-17-16-23(21-9-4-6-10-22(21)28)29(27(17,2)26(31)32)25(30)19-14-12-18(13-15-19)20-8-5-7-11-24(20)33-3/h4-15,17,23H,16H2,1-3H3,(H,31,32)/t17?,23?,27-/m0/s1. The Kier molecular flexibility index (Phi) is 6.17. The Morgan fingerprint density at radius 2 is 1.67 bits per heavy atom. The Hall–Kier alpha value is -3.31. The zero-order chi connectivity index (χ0) is 23.8. The predicted molar refractivity (Wildman–Crippen MR) is 129 cm³/mol. The van der Waals surface area contributed by atoms with Crippen molar-refractivity contribution in [2.45, 2.75) is 31.8 Å². The van der Waals surface area contributed by atoms with Crippen LogP contribution in [0, 0.1) is 5.92 Å². The van der Waals surface area contributed by atoms with E-state index in [0.717, 1.165) is 22.4 Å². The predicted octanol–water partition coefficient (Wildman–Crippen LogP) is 6.08. The molecule has 1 N–H and O–H groups in total. The average molecular weight is 464 g/mol. The molecular formula is C27H26ClNO4. The minimum atomic E-state index is -1.36. The number of carbonyl (C=O) groups excluding carboxylic acids is 1. The molecule has 3 aromatic carbocycles. The molecule has 2 unspecified atom stereocenters. The van der Waals surface area contributed by atoms with Gasteiger partial charge in [-0.25, -0.2) is 4.79 Å². The molecule has 0 aliphatic carbocycles. The number of hydrogen-bond acceptors (Lipinski definition) is 3. The van der Waals surface area contributed by atoms with E-state index in [1.54, 1.807) is 32.2 Å². The SMILES string of the molecule is COc1ccccc1-c1ccc(C(=O)N2C(c3ccccc3Cl)CC(C)[C@@]2(C)C(=O)O)cc1. The summed E-state index contributed by atoms with van der Waals surface area (Å²) < 4.78 is 5.45. The van der Waals surface area contributed by atoms with E-state index in [4.69, 9.17) is 16.3 Å².